The highest BCUT2D eigenvalue weighted by Gasteiger charge is 2.16. The van der Waals surface area contributed by atoms with Crippen LogP contribution in [0.2, 0.25) is 0 Å². The molecule has 1 unspecified atom stereocenters. The summed E-state index contributed by atoms with van der Waals surface area (Å²) in [6.07, 6.45) is 0. The lowest BCUT2D eigenvalue weighted by atomic mass is 10.1. The number of aryl methyl sites for hydroxylation is 2. The van der Waals surface area contributed by atoms with Crippen molar-refractivity contribution in [1.82, 2.24) is 24.8 Å². The summed E-state index contributed by atoms with van der Waals surface area (Å²) in [5, 5.41) is 15.9. The topological polar surface area (TPSA) is 81.1 Å². The molecule has 1 atom stereocenters. The number of hydrogen-bond acceptors (Lipinski definition) is 6. The van der Waals surface area contributed by atoms with E-state index in [-0.39, 0.29) is 6.04 Å². The number of rotatable bonds is 4. The van der Waals surface area contributed by atoms with E-state index in [9.17, 15) is 0 Å². The van der Waals surface area contributed by atoms with Crippen LogP contribution in [-0.2, 0) is 0 Å². The Balaban J connectivity index is 1.78. The van der Waals surface area contributed by atoms with Crippen molar-refractivity contribution in [3.05, 3.63) is 59.9 Å². The summed E-state index contributed by atoms with van der Waals surface area (Å²) in [6.45, 7) is 5.70. The van der Waals surface area contributed by atoms with Crippen molar-refractivity contribution in [2.24, 2.45) is 0 Å². The maximum absolute atomic E-state index is 5.52. The van der Waals surface area contributed by atoms with Crippen LogP contribution in [-0.4, -0.2) is 24.8 Å². The SMILES string of the molecule is Cc1cc2nc(-c3ccccc3)cc(NC(C)c3nnc(C)o3)n2n1. The summed E-state index contributed by atoms with van der Waals surface area (Å²) in [5.74, 6) is 1.90. The smallest absolute Gasteiger partial charge is 0.238 e. The van der Waals surface area contributed by atoms with E-state index < -0.39 is 0 Å². The lowest BCUT2D eigenvalue weighted by Crippen LogP contribution is -2.11. The Morgan fingerprint density at radius 1 is 1.08 bits per heavy atom. The minimum atomic E-state index is -0.153. The van der Waals surface area contributed by atoms with E-state index in [1.54, 1.807) is 11.4 Å². The second-order valence-corrected chi connectivity index (χ2v) is 5.97. The highest BCUT2D eigenvalue weighted by atomic mass is 16.4. The quantitative estimate of drug-likeness (QED) is 0.614. The van der Waals surface area contributed by atoms with Gasteiger partial charge in [0.15, 0.2) is 5.65 Å². The summed E-state index contributed by atoms with van der Waals surface area (Å²) in [5.41, 5.74) is 3.62. The van der Waals surface area contributed by atoms with Crippen LogP contribution in [0.25, 0.3) is 16.9 Å². The third-order valence-electron chi connectivity index (χ3n) is 3.90. The van der Waals surface area contributed by atoms with Crippen LogP contribution >= 0.6 is 0 Å². The second-order valence-electron chi connectivity index (χ2n) is 5.97. The van der Waals surface area contributed by atoms with Crippen molar-refractivity contribution in [3.8, 4) is 11.3 Å². The minimum Gasteiger partial charge on any atom is -0.423 e. The molecule has 0 aliphatic carbocycles. The average Bonchev–Trinajstić information content (AvgIpc) is 3.20. The van der Waals surface area contributed by atoms with Gasteiger partial charge in [0.1, 0.15) is 11.9 Å². The zero-order valence-electron chi connectivity index (χ0n) is 14.3. The van der Waals surface area contributed by atoms with Gasteiger partial charge in [-0.15, -0.1) is 10.2 Å². The molecule has 1 aromatic carbocycles. The van der Waals surface area contributed by atoms with Crippen LogP contribution < -0.4 is 5.32 Å². The summed E-state index contributed by atoms with van der Waals surface area (Å²) >= 11 is 0. The highest BCUT2D eigenvalue weighted by Crippen LogP contribution is 2.25. The Morgan fingerprint density at radius 3 is 2.60 bits per heavy atom. The van der Waals surface area contributed by atoms with E-state index in [0.717, 1.165) is 28.4 Å². The Kier molecular flexibility index (Phi) is 3.68. The fourth-order valence-corrected chi connectivity index (χ4v) is 2.72. The zero-order chi connectivity index (χ0) is 17.4. The number of nitrogens with zero attached hydrogens (tertiary/aromatic N) is 5. The van der Waals surface area contributed by atoms with E-state index in [2.05, 4.69) is 20.6 Å². The summed E-state index contributed by atoms with van der Waals surface area (Å²) in [7, 11) is 0. The third kappa shape index (κ3) is 2.96. The minimum absolute atomic E-state index is 0.153. The molecule has 4 rings (SSSR count). The van der Waals surface area contributed by atoms with Crippen molar-refractivity contribution in [1.29, 1.82) is 0 Å². The van der Waals surface area contributed by atoms with Gasteiger partial charge in [-0.25, -0.2) is 4.98 Å². The Bertz CT molecular complexity index is 1020. The largest absolute Gasteiger partial charge is 0.423 e. The highest BCUT2D eigenvalue weighted by molar-refractivity contribution is 5.66. The molecule has 3 heterocycles. The van der Waals surface area contributed by atoms with Gasteiger partial charge in [-0.1, -0.05) is 30.3 Å². The molecule has 1 N–H and O–H groups in total. The van der Waals surface area contributed by atoms with E-state index in [0.29, 0.717) is 11.8 Å². The molecule has 0 saturated heterocycles. The second kappa shape index (κ2) is 6.01. The van der Waals surface area contributed by atoms with Crippen LogP contribution in [0.15, 0.2) is 46.9 Å². The summed E-state index contributed by atoms with van der Waals surface area (Å²) in [4.78, 5) is 4.72. The number of hydrogen-bond donors (Lipinski definition) is 1. The average molecular weight is 334 g/mol. The van der Waals surface area contributed by atoms with Crippen molar-refractivity contribution in [2.75, 3.05) is 5.32 Å². The number of benzene rings is 1. The van der Waals surface area contributed by atoms with Crippen molar-refractivity contribution in [2.45, 2.75) is 26.8 Å². The lowest BCUT2D eigenvalue weighted by molar-refractivity contribution is 0.450. The van der Waals surface area contributed by atoms with E-state index in [4.69, 9.17) is 9.40 Å². The summed E-state index contributed by atoms with van der Waals surface area (Å²) in [6, 6.07) is 13.9. The van der Waals surface area contributed by atoms with Gasteiger partial charge in [-0.3, -0.25) is 0 Å². The molecule has 3 aromatic heterocycles. The van der Waals surface area contributed by atoms with Crippen molar-refractivity contribution >= 4 is 11.5 Å². The molecule has 0 saturated carbocycles. The predicted octanol–water partition coefficient (Wildman–Crippen LogP) is 3.57. The molecule has 0 fully saturated rings. The van der Waals surface area contributed by atoms with Gasteiger partial charge in [-0.05, 0) is 13.8 Å². The molecule has 4 aromatic rings. The van der Waals surface area contributed by atoms with Crippen molar-refractivity contribution < 1.29 is 4.42 Å². The molecule has 7 heteroatoms. The number of fused-ring (bicyclic) bond motifs is 1. The van der Waals surface area contributed by atoms with Crippen LogP contribution in [0.4, 0.5) is 5.82 Å². The van der Waals surface area contributed by atoms with E-state index in [1.807, 2.05) is 56.3 Å². The third-order valence-corrected chi connectivity index (χ3v) is 3.90. The molecule has 0 spiro atoms. The summed E-state index contributed by atoms with van der Waals surface area (Å²) < 4.78 is 7.31. The maximum Gasteiger partial charge on any atom is 0.238 e. The molecule has 7 nitrogen and oxygen atoms in total. The first-order valence-corrected chi connectivity index (χ1v) is 8.09. The number of nitrogens with one attached hydrogen (secondary N) is 1. The van der Waals surface area contributed by atoms with Gasteiger partial charge >= 0.3 is 0 Å². The number of anilines is 1. The molecular weight excluding hydrogens is 316 g/mol. The molecule has 0 bridgehead atoms. The molecule has 25 heavy (non-hydrogen) atoms. The maximum atomic E-state index is 5.52. The first-order chi connectivity index (χ1) is 12.1. The Hall–Kier alpha value is -3.22. The van der Waals surface area contributed by atoms with Crippen LogP contribution in [0.5, 0.6) is 0 Å². The molecule has 126 valence electrons. The number of aromatic nitrogens is 5. The monoisotopic (exact) mass is 334 g/mol. The Labute approximate surface area is 144 Å². The fraction of sp³-hybridized carbons (Fsp3) is 0.222. The zero-order valence-corrected chi connectivity index (χ0v) is 14.3. The van der Waals surface area contributed by atoms with Crippen LogP contribution in [0.3, 0.4) is 0 Å². The van der Waals surface area contributed by atoms with E-state index in [1.165, 1.54) is 0 Å². The van der Waals surface area contributed by atoms with Crippen molar-refractivity contribution in [3.63, 3.8) is 0 Å². The molecule has 0 aliphatic rings. The first kappa shape index (κ1) is 15.3. The molecular formula is C18H18N6O. The van der Waals surface area contributed by atoms with Gasteiger partial charge in [-0.2, -0.15) is 9.61 Å². The predicted molar refractivity (Wildman–Crippen MR) is 94.2 cm³/mol. The normalized spacial score (nSPS) is 12.4. The molecule has 0 amide bonds. The van der Waals surface area contributed by atoms with Gasteiger partial charge in [0, 0.05) is 24.6 Å². The lowest BCUT2D eigenvalue weighted by Gasteiger charge is -2.14. The molecule has 0 radical (unpaired) electrons. The van der Waals surface area contributed by atoms with Gasteiger partial charge in [0.2, 0.25) is 11.8 Å². The first-order valence-electron chi connectivity index (χ1n) is 8.09. The molecule has 0 aliphatic heterocycles. The van der Waals surface area contributed by atoms with Crippen LogP contribution in [0, 0.1) is 13.8 Å². The van der Waals surface area contributed by atoms with E-state index >= 15 is 0 Å². The van der Waals surface area contributed by atoms with Gasteiger partial charge in [0.25, 0.3) is 0 Å². The van der Waals surface area contributed by atoms with Gasteiger partial charge < -0.3 is 9.73 Å². The Morgan fingerprint density at radius 2 is 1.88 bits per heavy atom. The van der Waals surface area contributed by atoms with Crippen LogP contribution in [0.1, 0.15) is 30.4 Å². The fourth-order valence-electron chi connectivity index (χ4n) is 2.72. The standard InChI is InChI=1S/C18H18N6O/c1-11-9-16-20-15(14-7-5-4-6-8-14)10-17(24(16)23-11)19-12(2)18-22-21-13(3)25-18/h4-10,12,19H,1-3H3. The van der Waals surface area contributed by atoms with Gasteiger partial charge in [0.05, 0.1) is 11.4 Å².